The van der Waals surface area contributed by atoms with Gasteiger partial charge < -0.3 is 4.74 Å². The number of alkyl halides is 1. The molecule has 0 heterocycles. The largest absolute Gasteiger partial charge is 0.493 e. The molecule has 16 heavy (non-hydrogen) atoms. The highest BCUT2D eigenvalue weighted by molar-refractivity contribution is 9.09. The molecular formula is C12H15BrF2O. The first kappa shape index (κ1) is 13.4. The molecule has 1 aromatic rings. The van der Waals surface area contributed by atoms with Gasteiger partial charge in [0, 0.05) is 29.4 Å². The fourth-order valence-electron chi connectivity index (χ4n) is 1.23. The van der Waals surface area contributed by atoms with Gasteiger partial charge in [0.1, 0.15) is 17.4 Å². The van der Waals surface area contributed by atoms with Crippen LogP contribution in [0.15, 0.2) is 18.2 Å². The van der Waals surface area contributed by atoms with Gasteiger partial charge in [-0.05, 0) is 5.92 Å². The van der Waals surface area contributed by atoms with Crippen LogP contribution in [0.3, 0.4) is 0 Å². The van der Waals surface area contributed by atoms with E-state index in [1.54, 1.807) is 0 Å². The standard InChI is InChI=1S/C12H15BrF2O/c1-8(2)9(6-13)7-16-12-4-10(14)3-11(15)5-12/h3-5,8-9H,6-7H2,1-2H3. The maximum Gasteiger partial charge on any atom is 0.129 e. The summed E-state index contributed by atoms with van der Waals surface area (Å²) in [6, 6.07) is 3.21. The number of hydrogen-bond acceptors (Lipinski definition) is 1. The van der Waals surface area contributed by atoms with Crippen LogP contribution in [0, 0.1) is 23.5 Å². The quantitative estimate of drug-likeness (QED) is 0.745. The molecule has 0 aliphatic carbocycles. The third-order valence-electron chi connectivity index (χ3n) is 2.44. The van der Waals surface area contributed by atoms with Crippen LogP contribution in [0.2, 0.25) is 0 Å². The first-order valence-electron chi connectivity index (χ1n) is 5.17. The average Bonchev–Trinajstić information content (AvgIpc) is 2.16. The summed E-state index contributed by atoms with van der Waals surface area (Å²) in [6.07, 6.45) is 0. The van der Waals surface area contributed by atoms with Crippen LogP contribution >= 0.6 is 15.9 Å². The number of ether oxygens (including phenoxy) is 1. The second-order valence-electron chi connectivity index (χ2n) is 4.07. The lowest BCUT2D eigenvalue weighted by Gasteiger charge is -2.18. The lowest BCUT2D eigenvalue weighted by Crippen LogP contribution is -2.19. The summed E-state index contributed by atoms with van der Waals surface area (Å²) < 4.78 is 31.1. The van der Waals surface area contributed by atoms with Crippen molar-refractivity contribution in [2.45, 2.75) is 13.8 Å². The van der Waals surface area contributed by atoms with Crippen molar-refractivity contribution >= 4 is 15.9 Å². The molecule has 0 aliphatic heterocycles. The van der Waals surface area contributed by atoms with Crippen molar-refractivity contribution in [3.05, 3.63) is 29.8 Å². The summed E-state index contributed by atoms with van der Waals surface area (Å²) in [5.41, 5.74) is 0. The van der Waals surface area contributed by atoms with Crippen molar-refractivity contribution in [3.63, 3.8) is 0 Å². The summed E-state index contributed by atoms with van der Waals surface area (Å²) in [4.78, 5) is 0. The van der Waals surface area contributed by atoms with Crippen LogP contribution in [0.4, 0.5) is 8.78 Å². The first-order chi connectivity index (χ1) is 7.52. The summed E-state index contributed by atoms with van der Waals surface area (Å²) >= 11 is 3.39. The van der Waals surface area contributed by atoms with E-state index in [9.17, 15) is 8.78 Å². The molecule has 0 amide bonds. The Balaban J connectivity index is 2.60. The maximum absolute atomic E-state index is 12.9. The number of halogens is 3. The predicted molar refractivity (Wildman–Crippen MR) is 64.0 cm³/mol. The fraction of sp³-hybridized carbons (Fsp3) is 0.500. The van der Waals surface area contributed by atoms with Gasteiger partial charge >= 0.3 is 0 Å². The van der Waals surface area contributed by atoms with E-state index in [4.69, 9.17) is 4.74 Å². The molecule has 0 N–H and O–H groups in total. The fourth-order valence-corrected chi connectivity index (χ4v) is 2.16. The van der Waals surface area contributed by atoms with Crippen LogP contribution in [-0.2, 0) is 0 Å². The zero-order valence-electron chi connectivity index (χ0n) is 9.34. The highest BCUT2D eigenvalue weighted by Crippen LogP contribution is 2.19. The minimum absolute atomic E-state index is 0.240. The number of hydrogen-bond donors (Lipinski definition) is 0. The van der Waals surface area contributed by atoms with Crippen molar-refractivity contribution in [2.24, 2.45) is 11.8 Å². The Bertz CT molecular complexity index is 322. The molecule has 1 atom stereocenters. The molecule has 0 saturated carbocycles. The van der Waals surface area contributed by atoms with Crippen LogP contribution in [0.1, 0.15) is 13.8 Å². The average molecular weight is 293 g/mol. The topological polar surface area (TPSA) is 9.23 Å². The van der Waals surface area contributed by atoms with E-state index in [1.165, 1.54) is 12.1 Å². The van der Waals surface area contributed by atoms with Gasteiger partial charge in [-0.15, -0.1) is 0 Å². The van der Waals surface area contributed by atoms with E-state index in [2.05, 4.69) is 29.8 Å². The SMILES string of the molecule is CC(C)C(CBr)COc1cc(F)cc(F)c1. The molecule has 0 aromatic heterocycles. The molecule has 0 saturated heterocycles. The molecule has 0 radical (unpaired) electrons. The minimum atomic E-state index is -0.616. The summed E-state index contributed by atoms with van der Waals surface area (Å²) in [7, 11) is 0. The molecule has 1 nitrogen and oxygen atoms in total. The third kappa shape index (κ3) is 4.08. The van der Waals surface area contributed by atoms with Crippen molar-refractivity contribution in [1.82, 2.24) is 0 Å². The monoisotopic (exact) mass is 292 g/mol. The van der Waals surface area contributed by atoms with E-state index in [1.807, 2.05) is 0 Å². The number of benzene rings is 1. The molecule has 90 valence electrons. The van der Waals surface area contributed by atoms with Gasteiger partial charge in [-0.1, -0.05) is 29.8 Å². The molecule has 0 spiro atoms. The van der Waals surface area contributed by atoms with E-state index in [0.29, 0.717) is 18.4 Å². The highest BCUT2D eigenvalue weighted by atomic mass is 79.9. The van der Waals surface area contributed by atoms with Crippen LogP contribution < -0.4 is 4.74 Å². The smallest absolute Gasteiger partial charge is 0.129 e. The van der Waals surface area contributed by atoms with Crippen molar-refractivity contribution in [3.8, 4) is 5.75 Å². The van der Waals surface area contributed by atoms with E-state index < -0.39 is 11.6 Å². The van der Waals surface area contributed by atoms with Crippen molar-refractivity contribution in [1.29, 1.82) is 0 Å². The number of rotatable bonds is 5. The molecule has 0 aliphatic rings. The third-order valence-corrected chi connectivity index (χ3v) is 3.27. The first-order valence-corrected chi connectivity index (χ1v) is 6.30. The van der Waals surface area contributed by atoms with E-state index >= 15 is 0 Å². The van der Waals surface area contributed by atoms with Gasteiger partial charge in [-0.2, -0.15) is 0 Å². The zero-order chi connectivity index (χ0) is 12.1. The minimum Gasteiger partial charge on any atom is -0.493 e. The molecule has 0 bridgehead atoms. The Morgan fingerprint density at radius 3 is 2.19 bits per heavy atom. The Morgan fingerprint density at radius 2 is 1.75 bits per heavy atom. The Morgan fingerprint density at radius 1 is 1.19 bits per heavy atom. The summed E-state index contributed by atoms with van der Waals surface area (Å²) in [6.45, 7) is 4.62. The van der Waals surface area contributed by atoms with Gasteiger partial charge in [-0.3, -0.25) is 0 Å². The molecular weight excluding hydrogens is 278 g/mol. The normalized spacial score (nSPS) is 12.9. The van der Waals surface area contributed by atoms with Gasteiger partial charge in [0.05, 0.1) is 6.61 Å². The van der Waals surface area contributed by atoms with Gasteiger partial charge in [0.2, 0.25) is 0 Å². The second kappa shape index (κ2) is 6.18. The molecule has 1 aromatic carbocycles. The van der Waals surface area contributed by atoms with Gasteiger partial charge in [0.15, 0.2) is 0 Å². The summed E-state index contributed by atoms with van der Waals surface area (Å²) in [5.74, 6) is -0.210. The van der Waals surface area contributed by atoms with E-state index in [-0.39, 0.29) is 5.75 Å². The van der Waals surface area contributed by atoms with Gasteiger partial charge in [0.25, 0.3) is 0 Å². The van der Waals surface area contributed by atoms with Crippen LogP contribution in [0.25, 0.3) is 0 Å². The summed E-state index contributed by atoms with van der Waals surface area (Å²) in [5, 5.41) is 0.808. The van der Waals surface area contributed by atoms with Gasteiger partial charge in [-0.25, -0.2) is 8.78 Å². The Hall–Kier alpha value is -0.640. The maximum atomic E-state index is 12.9. The zero-order valence-corrected chi connectivity index (χ0v) is 10.9. The van der Waals surface area contributed by atoms with Crippen LogP contribution in [0.5, 0.6) is 5.75 Å². The van der Waals surface area contributed by atoms with Crippen molar-refractivity contribution in [2.75, 3.05) is 11.9 Å². The molecule has 0 fully saturated rings. The second-order valence-corrected chi connectivity index (χ2v) is 4.72. The van der Waals surface area contributed by atoms with Crippen LogP contribution in [-0.4, -0.2) is 11.9 Å². The molecule has 4 heteroatoms. The Labute approximate surface area is 103 Å². The molecule has 1 rings (SSSR count). The lowest BCUT2D eigenvalue weighted by molar-refractivity contribution is 0.226. The highest BCUT2D eigenvalue weighted by Gasteiger charge is 2.13. The predicted octanol–water partition coefficient (Wildman–Crippen LogP) is 4.01. The van der Waals surface area contributed by atoms with E-state index in [0.717, 1.165) is 11.4 Å². The molecule has 1 unspecified atom stereocenters. The van der Waals surface area contributed by atoms with Crippen molar-refractivity contribution < 1.29 is 13.5 Å². The lowest BCUT2D eigenvalue weighted by atomic mass is 9.99. The Kier molecular flexibility index (Phi) is 5.19.